The van der Waals surface area contributed by atoms with Crippen molar-refractivity contribution in [2.45, 2.75) is 26.2 Å². The number of hydrogen-bond donors (Lipinski definition) is 2. The Morgan fingerprint density at radius 1 is 1.16 bits per heavy atom. The minimum Gasteiger partial charge on any atom is -0.357 e. The molecular formula is C19H24ClFN4. The molecule has 0 saturated heterocycles. The molecule has 0 saturated carbocycles. The maximum atomic E-state index is 13.1. The maximum Gasteiger partial charge on any atom is 0.191 e. The topological polar surface area (TPSA) is 49.3 Å². The van der Waals surface area contributed by atoms with Crippen LogP contribution in [0, 0.1) is 5.82 Å². The van der Waals surface area contributed by atoms with Crippen LogP contribution in [0.1, 0.15) is 24.5 Å². The first-order chi connectivity index (χ1) is 12.2. The van der Waals surface area contributed by atoms with Crippen molar-refractivity contribution < 1.29 is 4.39 Å². The SMILES string of the molecule is CCNC(=NCCCc1cccc(F)c1)NCCc1ccc(Cl)nc1. The summed E-state index contributed by atoms with van der Waals surface area (Å²) in [5.41, 5.74) is 2.13. The van der Waals surface area contributed by atoms with E-state index in [-0.39, 0.29) is 5.82 Å². The van der Waals surface area contributed by atoms with Gasteiger partial charge in [0.15, 0.2) is 5.96 Å². The van der Waals surface area contributed by atoms with E-state index in [2.05, 4.69) is 20.6 Å². The number of benzene rings is 1. The van der Waals surface area contributed by atoms with Gasteiger partial charge in [-0.15, -0.1) is 0 Å². The molecule has 2 N–H and O–H groups in total. The van der Waals surface area contributed by atoms with E-state index >= 15 is 0 Å². The molecule has 134 valence electrons. The van der Waals surface area contributed by atoms with E-state index < -0.39 is 0 Å². The zero-order chi connectivity index (χ0) is 17.9. The molecule has 6 heteroatoms. The molecule has 0 atom stereocenters. The molecule has 0 bridgehead atoms. The number of rotatable bonds is 8. The van der Waals surface area contributed by atoms with Crippen molar-refractivity contribution in [3.05, 3.63) is 64.7 Å². The summed E-state index contributed by atoms with van der Waals surface area (Å²) < 4.78 is 13.1. The van der Waals surface area contributed by atoms with Gasteiger partial charge < -0.3 is 10.6 Å². The van der Waals surface area contributed by atoms with E-state index in [4.69, 9.17) is 11.6 Å². The highest BCUT2D eigenvalue weighted by Crippen LogP contribution is 2.06. The molecule has 0 radical (unpaired) electrons. The van der Waals surface area contributed by atoms with E-state index in [0.717, 1.165) is 49.4 Å². The third-order valence-electron chi connectivity index (χ3n) is 3.62. The molecule has 0 spiro atoms. The first-order valence-corrected chi connectivity index (χ1v) is 8.92. The highest BCUT2D eigenvalue weighted by Gasteiger charge is 1.99. The van der Waals surface area contributed by atoms with Crippen molar-refractivity contribution in [3.8, 4) is 0 Å². The summed E-state index contributed by atoms with van der Waals surface area (Å²) in [6, 6.07) is 10.5. The normalized spacial score (nSPS) is 11.4. The minimum absolute atomic E-state index is 0.187. The quantitative estimate of drug-likeness (QED) is 0.326. The lowest BCUT2D eigenvalue weighted by Crippen LogP contribution is -2.38. The van der Waals surface area contributed by atoms with E-state index in [9.17, 15) is 4.39 Å². The number of aromatic nitrogens is 1. The Morgan fingerprint density at radius 2 is 2.04 bits per heavy atom. The first kappa shape index (κ1) is 19.2. The Bertz CT molecular complexity index is 673. The zero-order valence-corrected chi connectivity index (χ0v) is 15.2. The average molecular weight is 363 g/mol. The molecule has 0 amide bonds. The summed E-state index contributed by atoms with van der Waals surface area (Å²) in [6.45, 7) is 4.29. The molecule has 0 unspecified atom stereocenters. The van der Waals surface area contributed by atoms with Crippen LogP contribution in [0.25, 0.3) is 0 Å². The standard InChI is InChI=1S/C19H24ClFN4/c1-2-22-19(24-12-10-16-8-9-18(20)25-14-16)23-11-4-6-15-5-3-7-17(21)13-15/h3,5,7-9,13-14H,2,4,6,10-12H2,1H3,(H2,22,23,24). The second-order valence-corrected chi connectivity index (χ2v) is 6.05. The van der Waals surface area contributed by atoms with Gasteiger partial charge in [0, 0.05) is 25.8 Å². The maximum absolute atomic E-state index is 13.1. The van der Waals surface area contributed by atoms with Crippen molar-refractivity contribution in [2.24, 2.45) is 4.99 Å². The Balaban J connectivity index is 1.74. The van der Waals surface area contributed by atoms with Gasteiger partial charge in [-0.05, 0) is 55.5 Å². The summed E-state index contributed by atoms with van der Waals surface area (Å²) >= 11 is 5.78. The molecule has 2 aromatic rings. The van der Waals surface area contributed by atoms with Crippen LogP contribution >= 0.6 is 11.6 Å². The lowest BCUT2D eigenvalue weighted by molar-refractivity contribution is 0.624. The molecule has 1 aromatic carbocycles. The monoisotopic (exact) mass is 362 g/mol. The predicted octanol–water partition coefficient (Wildman–Crippen LogP) is 3.60. The number of nitrogens with one attached hydrogen (secondary N) is 2. The molecule has 0 aliphatic rings. The van der Waals surface area contributed by atoms with Gasteiger partial charge in [0.05, 0.1) is 0 Å². The second-order valence-electron chi connectivity index (χ2n) is 5.66. The van der Waals surface area contributed by atoms with Crippen LogP contribution in [0.3, 0.4) is 0 Å². The van der Waals surface area contributed by atoms with Gasteiger partial charge in [0.25, 0.3) is 0 Å². The molecule has 2 rings (SSSR count). The van der Waals surface area contributed by atoms with Crippen LogP contribution in [0.5, 0.6) is 0 Å². The van der Waals surface area contributed by atoms with Crippen molar-refractivity contribution in [1.29, 1.82) is 0 Å². The van der Waals surface area contributed by atoms with Gasteiger partial charge in [-0.2, -0.15) is 0 Å². The fourth-order valence-electron chi connectivity index (χ4n) is 2.39. The highest BCUT2D eigenvalue weighted by atomic mass is 35.5. The minimum atomic E-state index is -0.187. The lowest BCUT2D eigenvalue weighted by atomic mass is 10.1. The molecule has 1 heterocycles. The largest absolute Gasteiger partial charge is 0.357 e. The fourth-order valence-corrected chi connectivity index (χ4v) is 2.50. The van der Waals surface area contributed by atoms with Gasteiger partial charge in [-0.3, -0.25) is 4.99 Å². The molecule has 4 nitrogen and oxygen atoms in total. The molecule has 0 aliphatic heterocycles. The number of hydrogen-bond acceptors (Lipinski definition) is 2. The van der Waals surface area contributed by atoms with Crippen molar-refractivity contribution in [1.82, 2.24) is 15.6 Å². The van der Waals surface area contributed by atoms with Gasteiger partial charge in [0.2, 0.25) is 0 Å². The zero-order valence-electron chi connectivity index (χ0n) is 14.4. The molecular weight excluding hydrogens is 339 g/mol. The Morgan fingerprint density at radius 3 is 2.76 bits per heavy atom. The Labute approximate surface area is 153 Å². The molecule has 1 aromatic heterocycles. The summed E-state index contributed by atoms with van der Waals surface area (Å²) in [7, 11) is 0. The highest BCUT2D eigenvalue weighted by molar-refractivity contribution is 6.29. The van der Waals surface area contributed by atoms with Crippen LogP contribution in [0.15, 0.2) is 47.6 Å². The van der Waals surface area contributed by atoms with E-state index in [0.29, 0.717) is 11.7 Å². The van der Waals surface area contributed by atoms with Crippen molar-refractivity contribution in [3.63, 3.8) is 0 Å². The number of guanidine groups is 1. The Kier molecular flexibility index (Phi) is 8.19. The number of pyridine rings is 1. The number of nitrogens with zero attached hydrogens (tertiary/aromatic N) is 2. The summed E-state index contributed by atoms with van der Waals surface area (Å²) in [6.07, 6.45) is 4.32. The number of aliphatic imine (C=N–C) groups is 1. The Hall–Kier alpha value is -2.14. The third kappa shape index (κ3) is 7.52. The fraction of sp³-hybridized carbons (Fsp3) is 0.368. The van der Waals surface area contributed by atoms with Crippen LogP contribution in [0.2, 0.25) is 5.15 Å². The molecule has 0 fully saturated rings. The molecule has 0 aliphatic carbocycles. The van der Waals surface area contributed by atoms with Crippen molar-refractivity contribution >= 4 is 17.6 Å². The molecule has 25 heavy (non-hydrogen) atoms. The van der Waals surface area contributed by atoms with Crippen LogP contribution in [0.4, 0.5) is 4.39 Å². The van der Waals surface area contributed by atoms with Gasteiger partial charge in [0.1, 0.15) is 11.0 Å². The van der Waals surface area contributed by atoms with Gasteiger partial charge >= 0.3 is 0 Å². The smallest absolute Gasteiger partial charge is 0.191 e. The summed E-state index contributed by atoms with van der Waals surface area (Å²) in [5, 5.41) is 7.04. The number of halogens is 2. The summed E-state index contributed by atoms with van der Waals surface area (Å²) in [4.78, 5) is 8.63. The van der Waals surface area contributed by atoms with Crippen LogP contribution < -0.4 is 10.6 Å². The van der Waals surface area contributed by atoms with Gasteiger partial charge in [-0.1, -0.05) is 29.8 Å². The lowest BCUT2D eigenvalue weighted by Gasteiger charge is -2.11. The number of aryl methyl sites for hydroxylation is 1. The van der Waals surface area contributed by atoms with Crippen LogP contribution in [-0.4, -0.2) is 30.6 Å². The average Bonchev–Trinajstić information content (AvgIpc) is 2.60. The second kappa shape index (κ2) is 10.7. The van der Waals surface area contributed by atoms with E-state index in [1.165, 1.54) is 6.07 Å². The van der Waals surface area contributed by atoms with Gasteiger partial charge in [-0.25, -0.2) is 9.37 Å². The predicted molar refractivity (Wildman–Crippen MR) is 102 cm³/mol. The first-order valence-electron chi connectivity index (χ1n) is 8.54. The van der Waals surface area contributed by atoms with Crippen molar-refractivity contribution in [2.75, 3.05) is 19.6 Å². The van der Waals surface area contributed by atoms with Crippen LogP contribution in [-0.2, 0) is 12.8 Å². The van der Waals surface area contributed by atoms with E-state index in [1.807, 2.05) is 19.1 Å². The van der Waals surface area contributed by atoms with E-state index in [1.54, 1.807) is 24.4 Å². The third-order valence-corrected chi connectivity index (χ3v) is 3.85. The summed E-state index contributed by atoms with van der Waals surface area (Å²) in [5.74, 6) is 0.608.